The number of carbonyl (C=O) groups excluding carboxylic acids is 2. The van der Waals surface area contributed by atoms with Crippen LogP contribution in [0.1, 0.15) is 49.7 Å². The fourth-order valence-corrected chi connectivity index (χ4v) is 4.53. The Morgan fingerprint density at radius 3 is 1.58 bits per heavy atom. The molecule has 0 spiro atoms. The van der Waals surface area contributed by atoms with Crippen molar-refractivity contribution < 1.29 is 19.1 Å². The molecule has 1 fully saturated rings. The van der Waals surface area contributed by atoms with Crippen molar-refractivity contribution in [2.24, 2.45) is 0 Å². The van der Waals surface area contributed by atoms with Gasteiger partial charge in [-0.25, -0.2) is 0 Å². The second-order valence-corrected chi connectivity index (χ2v) is 8.20. The van der Waals surface area contributed by atoms with Crippen molar-refractivity contribution in [1.82, 2.24) is 0 Å². The molecule has 4 nitrogen and oxygen atoms in total. The maximum atomic E-state index is 12.0. The molecule has 0 unspecified atom stereocenters. The molecule has 0 aliphatic heterocycles. The minimum absolute atomic E-state index is 0.0364. The van der Waals surface area contributed by atoms with E-state index in [-0.39, 0.29) is 24.1 Å². The minimum Gasteiger partial charge on any atom is -0.462 e. The normalized spacial score (nSPS) is 19.8. The zero-order valence-corrected chi connectivity index (χ0v) is 16.4. The van der Waals surface area contributed by atoms with Gasteiger partial charge in [0, 0.05) is 12.8 Å². The molecule has 0 radical (unpaired) electrons. The first-order valence-corrected chi connectivity index (χ1v) is 11.0. The van der Waals surface area contributed by atoms with Gasteiger partial charge < -0.3 is 9.47 Å². The lowest BCUT2D eigenvalue weighted by atomic mass is 9.95. The van der Waals surface area contributed by atoms with Gasteiger partial charge in [-0.3, -0.25) is 9.59 Å². The molecule has 2 heterocycles. The summed E-state index contributed by atoms with van der Waals surface area (Å²) in [4.78, 5) is 23.9. The van der Waals surface area contributed by atoms with Crippen LogP contribution in [0.5, 0.6) is 0 Å². The van der Waals surface area contributed by atoms with E-state index < -0.39 is 0 Å². The van der Waals surface area contributed by atoms with Gasteiger partial charge in [0.15, 0.2) is 0 Å². The summed E-state index contributed by atoms with van der Waals surface area (Å²) in [6, 6.07) is 4.08. The monoisotopic (exact) mass is 392 g/mol. The van der Waals surface area contributed by atoms with Gasteiger partial charge in [-0.05, 0) is 83.3 Å². The topological polar surface area (TPSA) is 52.6 Å². The fraction of sp³-hybridized carbons (Fsp3) is 0.500. The first-order chi connectivity index (χ1) is 12.7. The second-order valence-electron chi connectivity index (χ2n) is 6.64. The Hall–Kier alpha value is -1.66. The molecule has 1 aliphatic rings. The molecule has 0 bridgehead atoms. The van der Waals surface area contributed by atoms with Crippen LogP contribution in [0.2, 0.25) is 0 Å². The molecule has 6 heteroatoms. The maximum Gasteiger partial charge on any atom is 0.306 e. The van der Waals surface area contributed by atoms with Crippen LogP contribution in [-0.4, -0.2) is 24.1 Å². The van der Waals surface area contributed by atoms with E-state index in [0.717, 1.165) is 38.5 Å². The number of hydrogen-bond donors (Lipinski definition) is 0. The summed E-state index contributed by atoms with van der Waals surface area (Å²) in [5.74, 6) is -0.264. The lowest BCUT2D eigenvalue weighted by Gasteiger charge is -2.28. The molecule has 0 N–H and O–H groups in total. The first kappa shape index (κ1) is 19.1. The van der Waals surface area contributed by atoms with Crippen LogP contribution in [0.3, 0.4) is 0 Å². The summed E-state index contributed by atoms with van der Waals surface area (Å²) in [7, 11) is 0. The van der Waals surface area contributed by atoms with Gasteiger partial charge in [-0.1, -0.05) is 0 Å². The van der Waals surface area contributed by atoms with Crippen molar-refractivity contribution in [3.05, 3.63) is 44.8 Å². The van der Waals surface area contributed by atoms with Gasteiger partial charge in [-0.15, -0.1) is 0 Å². The maximum absolute atomic E-state index is 12.0. The molecule has 0 atom stereocenters. The quantitative estimate of drug-likeness (QED) is 0.607. The third-order valence-corrected chi connectivity index (χ3v) is 6.08. The average molecular weight is 393 g/mol. The Balaban J connectivity index is 1.29. The van der Waals surface area contributed by atoms with E-state index in [9.17, 15) is 9.59 Å². The van der Waals surface area contributed by atoms with Crippen LogP contribution in [0, 0.1) is 0 Å². The molecule has 1 aliphatic carbocycles. The van der Waals surface area contributed by atoms with E-state index in [1.165, 1.54) is 11.1 Å². The third kappa shape index (κ3) is 6.25. The van der Waals surface area contributed by atoms with Gasteiger partial charge in [0.25, 0.3) is 0 Å². The van der Waals surface area contributed by atoms with Crippen LogP contribution >= 0.6 is 22.7 Å². The lowest BCUT2D eigenvalue weighted by molar-refractivity contribution is -0.158. The largest absolute Gasteiger partial charge is 0.462 e. The molecule has 0 amide bonds. The molecule has 2 aromatic heterocycles. The van der Waals surface area contributed by atoms with E-state index in [1.54, 1.807) is 22.7 Å². The van der Waals surface area contributed by atoms with Crippen LogP contribution in [0.15, 0.2) is 33.7 Å². The molecule has 0 aromatic carbocycles. The number of thiophene rings is 2. The molecular weight excluding hydrogens is 368 g/mol. The molecule has 140 valence electrons. The van der Waals surface area contributed by atoms with Crippen molar-refractivity contribution in [3.8, 4) is 0 Å². The first-order valence-electron chi connectivity index (χ1n) is 9.10. The molecule has 0 saturated heterocycles. The van der Waals surface area contributed by atoms with Gasteiger partial charge in [0.2, 0.25) is 0 Å². The molecule has 2 aromatic rings. The van der Waals surface area contributed by atoms with Crippen molar-refractivity contribution in [1.29, 1.82) is 0 Å². The molecular formula is C20H24O4S2. The minimum atomic E-state index is -0.132. The van der Waals surface area contributed by atoms with Gasteiger partial charge >= 0.3 is 11.9 Å². The Labute approximate surface area is 162 Å². The van der Waals surface area contributed by atoms with E-state index in [0.29, 0.717) is 12.8 Å². The Kier molecular flexibility index (Phi) is 7.26. The third-order valence-electron chi connectivity index (χ3n) is 4.61. The standard InChI is InChI=1S/C20H24O4S2/c21-19(7-1-15-9-11-25-13-15)23-17-3-5-18(6-4-17)24-20(22)8-2-16-10-12-26-14-16/h9-14,17-18H,1-8H2. The van der Waals surface area contributed by atoms with E-state index in [1.807, 2.05) is 22.9 Å². The van der Waals surface area contributed by atoms with Crippen molar-refractivity contribution in [2.45, 2.75) is 63.6 Å². The number of ether oxygens (including phenoxy) is 2. The Morgan fingerprint density at radius 1 is 0.808 bits per heavy atom. The zero-order chi connectivity index (χ0) is 18.2. The van der Waals surface area contributed by atoms with Gasteiger partial charge in [-0.2, -0.15) is 22.7 Å². The summed E-state index contributed by atoms with van der Waals surface area (Å²) in [6.45, 7) is 0. The number of aryl methyl sites for hydroxylation is 2. The highest BCUT2D eigenvalue weighted by Crippen LogP contribution is 2.24. The van der Waals surface area contributed by atoms with E-state index in [4.69, 9.17) is 9.47 Å². The number of carbonyl (C=O) groups is 2. The Bertz CT molecular complexity index is 610. The summed E-state index contributed by atoms with van der Waals surface area (Å²) in [5.41, 5.74) is 2.37. The van der Waals surface area contributed by atoms with Crippen LogP contribution in [0.25, 0.3) is 0 Å². The van der Waals surface area contributed by atoms with E-state index in [2.05, 4.69) is 10.8 Å². The fourth-order valence-electron chi connectivity index (χ4n) is 3.12. The zero-order valence-electron chi connectivity index (χ0n) is 14.7. The number of esters is 2. The molecule has 1 saturated carbocycles. The van der Waals surface area contributed by atoms with E-state index >= 15 is 0 Å². The number of rotatable bonds is 8. The van der Waals surface area contributed by atoms with Crippen molar-refractivity contribution >= 4 is 34.6 Å². The number of hydrogen-bond acceptors (Lipinski definition) is 6. The van der Waals surface area contributed by atoms with Crippen molar-refractivity contribution in [2.75, 3.05) is 0 Å². The van der Waals surface area contributed by atoms with Gasteiger partial charge in [0.1, 0.15) is 12.2 Å². The van der Waals surface area contributed by atoms with Crippen LogP contribution < -0.4 is 0 Å². The summed E-state index contributed by atoms with van der Waals surface area (Å²) in [6.07, 6.45) is 5.33. The Morgan fingerprint density at radius 2 is 1.23 bits per heavy atom. The SMILES string of the molecule is O=C(CCc1ccsc1)OC1CCC(OC(=O)CCc2ccsc2)CC1. The molecule has 3 rings (SSSR count). The predicted molar refractivity (Wildman–Crippen MR) is 104 cm³/mol. The summed E-state index contributed by atoms with van der Waals surface area (Å²) >= 11 is 3.28. The molecule has 26 heavy (non-hydrogen) atoms. The smallest absolute Gasteiger partial charge is 0.306 e. The summed E-state index contributed by atoms with van der Waals surface area (Å²) < 4.78 is 11.1. The predicted octanol–water partition coefficient (Wildman–Crippen LogP) is 4.77. The lowest BCUT2D eigenvalue weighted by Crippen LogP contribution is -2.29. The highest BCUT2D eigenvalue weighted by Gasteiger charge is 2.26. The average Bonchev–Trinajstić information content (AvgIpc) is 3.34. The highest BCUT2D eigenvalue weighted by atomic mass is 32.1. The van der Waals surface area contributed by atoms with Crippen molar-refractivity contribution in [3.63, 3.8) is 0 Å². The van der Waals surface area contributed by atoms with Crippen LogP contribution in [-0.2, 0) is 31.9 Å². The second kappa shape index (κ2) is 9.88. The van der Waals surface area contributed by atoms with Crippen LogP contribution in [0.4, 0.5) is 0 Å². The highest BCUT2D eigenvalue weighted by molar-refractivity contribution is 7.08. The van der Waals surface area contributed by atoms with Gasteiger partial charge in [0.05, 0.1) is 0 Å². The summed E-state index contributed by atoms with van der Waals surface area (Å²) in [5, 5.41) is 8.16.